The highest BCUT2D eigenvalue weighted by atomic mass is 32.2. The van der Waals surface area contributed by atoms with Crippen LogP contribution in [0.1, 0.15) is 21.5 Å². The normalized spacial score (nSPS) is 15.9. The van der Waals surface area contributed by atoms with Crippen molar-refractivity contribution in [3.05, 3.63) is 69.9 Å². The molecule has 1 heterocycles. The molecule has 0 atom stereocenters. The highest BCUT2D eigenvalue weighted by Gasteiger charge is 2.33. The second-order valence-electron chi connectivity index (χ2n) is 5.38. The molecule has 1 amide bonds. The number of amides is 1. The summed E-state index contributed by atoms with van der Waals surface area (Å²) < 4.78 is 13.6. The van der Waals surface area contributed by atoms with E-state index in [0.29, 0.717) is 26.0 Å². The molecule has 2 aromatic carbocycles. The van der Waals surface area contributed by atoms with E-state index in [1.807, 2.05) is 0 Å². The van der Waals surface area contributed by atoms with Crippen LogP contribution in [0.15, 0.2) is 47.4 Å². The van der Waals surface area contributed by atoms with Crippen LogP contribution in [-0.2, 0) is 4.79 Å². The summed E-state index contributed by atoms with van der Waals surface area (Å²) in [4.78, 5) is 25.6. The smallest absolute Gasteiger partial charge is 0.336 e. The van der Waals surface area contributed by atoms with Crippen LogP contribution in [-0.4, -0.2) is 21.3 Å². The van der Waals surface area contributed by atoms with Gasteiger partial charge < -0.3 is 5.11 Å². The van der Waals surface area contributed by atoms with Gasteiger partial charge >= 0.3 is 5.97 Å². The van der Waals surface area contributed by atoms with E-state index in [-0.39, 0.29) is 11.5 Å². The van der Waals surface area contributed by atoms with Gasteiger partial charge in [0.25, 0.3) is 5.91 Å². The summed E-state index contributed by atoms with van der Waals surface area (Å²) in [7, 11) is 0. The average Bonchev–Trinajstić information content (AvgIpc) is 2.82. The van der Waals surface area contributed by atoms with Gasteiger partial charge in [0.1, 0.15) is 5.82 Å². The number of rotatable bonds is 3. The van der Waals surface area contributed by atoms with E-state index < -0.39 is 11.8 Å². The Morgan fingerprint density at radius 3 is 2.72 bits per heavy atom. The molecule has 0 saturated carbocycles. The van der Waals surface area contributed by atoms with Crippen LogP contribution in [0.2, 0.25) is 0 Å². The first-order valence-corrected chi connectivity index (χ1v) is 8.47. The number of carboxylic acid groups (broad SMARTS) is 1. The molecular weight excluding hydrogens is 361 g/mol. The van der Waals surface area contributed by atoms with Crippen molar-refractivity contribution in [1.82, 2.24) is 0 Å². The standard InChI is InChI=1S/C18H12FNO3S2/c1-10-5-6-13(9-14(10)17(22)23)20-16(21)15(25-18(20)24)8-11-3-2-4-12(19)7-11/h2-9H,1H3,(H,22,23). The van der Waals surface area contributed by atoms with Crippen LogP contribution < -0.4 is 4.90 Å². The number of thioether (sulfide) groups is 1. The molecule has 0 radical (unpaired) electrons. The van der Waals surface area contributed by atoms with Gasteiger partial charge in [-0.25, -0.2) is 9.18 Å². The second kappa shape index (κ2) is 6.78. The molecule has 4 nitrogen and oxygen atoms in total. The third-order valence-corrected chi connectivity index (χ3v) is 4.95. The van der Waals surface area contributed by atoms with Crippen molar-refractivity contribution in [3.8, 4) is 0 Å². The van der Waals surface area contributed by atoms with Gasteiger partial charge in [-0.15, -0.1) is 0 Å². The largest absolute Gasteiger partial charge is 0.478 e. The number of carbonyl (C=O) groups excluding carboxylic acids is 1. The summed E-state index contributed by atoms with van der Waals surface area (Å²) >= 11 is 6.36. The molecule has 2 aromatic rings. The first-order valence-electron chi connectivity index (χ1n) is 7.24. The van der Waals surface area contributed by atoms with Crippen molar-refractivity contribution in [1.29, 1.82) is 0 Å². The fourth-order valence-electron chi connectivity index (χ4n) is 2.42. The maximum Gasteiger partial charge on any atom is 0.336 e. The summed E-state index contributed by atoms with van der Waals surface area (Å²) in [5.74, 6) is -1.83. The molecule has 7 heteroatoms. The Balaban J connectivity index is 1.97. The minimum absolute atomic E-state index is 0.112. The summed E-state index contributed by atoms with van der Waals surface area (Å²) in [6, 6.07) is 10.6. The monoisotopic (exact) mass is 373 g/mol. The molecule has 0 bridgehead atoms. The molecule has 1 aliphatic rings. The minimum atomic E-state index is -1.07. The van der Waals surface area contributed by atoms with E-state index >= 15 is 0 Å². The molecule has 126 valence electrons. The zero-order valence-electron chi connectivity index (χ0n) is 13.0. The van der Waals surface area contributed by atoms with E-state index in [0.717, 1.165) is 11.8 Å². The van der Waals surface area contributed by atoms with Gasteiger partial charge in [0.05, 0.1) is 16.2 Å². The Kier molecular flexibility index (Phi) is 4.69. The number of carbonyl (C=O) groups is 2. The molecule has 3 rings (SSSR count). The van der Waals surface area contributed by atoms with Crippen LogP contribution in [0, 0.1) is 12.7 Å². The van der Waals surface area contributed by atoms with Crippen molar-refractivity contribution in [3.63, 3.8) is 0 Å². The number of benzene rings is 2. The summed E-state index contributed by atoms with van der Waals surface area (Å²) in [5.41, 5.74) is 1.65. The number of thiocarbonyl (C=S) groups is 1. The van der Waals surface area contributed by atoms with Crippen molar-refractivity contribution >= 4 is 51.9 Å². The molecule has 25 heavy (non-hydrogen) atoms. The molecule has 0 aliphatic carbocycles. The Morgan fingerprint density at radius 2 is 2.04 bits per heavy atom. The van der Waals surface area contributed by atoms with Crippen LogP contribution in [0.5, 0.6) is 0 Å². The summed E-state index contributed by atoms with van der Waals surface area (Å²) in [6.45, 7) is 1.68. The fourth-order valence-corrected chi connectivity index (χ4v) is 3.72. The Morgan fingerprint density at radius 1 is 1.28 bits per heavy atom. The number of aromatic carboxylic acids is 1. The zero-order chi connectivity index (χ0) is 18.1. The average molecular weight is 373 g/mol. The van der Waals surface area contributed by atoms with Crippen LogP contribution in [0.3, 0.4) is 0 Å². The number of hydrogen-bond donors (Lipinski definition) is 1. The molecule has 1 fully saturated rings. The lowest BCUT2D eigenvalue weighted by molar-refractivity contribution is -0.113. The van der Waals surface area contributed by atoms with Crippen LogP contribution in [0.25, 0.3) is 6.08 Å². The van der Waals surface area contributed by atoms with E-state index in [4.69, 9.17) is 12.2 Å². The number of hydrogen-bond acceptors (Lipinski definition) is 4. The van der Waals surface area contributed by atoms with Gasteiger partial charge in [-0.3, -0.25) is 9.69 Å². The predicted molar refractivity (Wildman–Crippen MR) is 100 cm³/mol. The van der Waals surface area contributed by atoms with Gasteiger partial charge in [-0.05, 0) is 48.4 Å². The maximum atomic E-state index is 13.3. The van der Waals surface area contributed by atoms with Crippen molar-refractivity contribution in [2.75, 3.05) is 4.90 Å². The highest BCUT2D eigenvalue weighted by Crippen LogP contribution is 2.36. The Bertz CT molecular complexity index is 940. The number of carboxylic acids is 1. The molecule has 0 spiro atoms. The lowest BCUT2D eigenvalue weighted by atomic mass is 10.1. The minimum Gasteiger partial charge on any atom is -0.478 e. The van der Waals surface area contributed by atoms with Crippen molar-refractivity contribution < 1.29 is 19.1 Å². The lowest BCUT2D eigenvalue weighted by Gasteiger charge is -2.15. The Labute approximate surface area is 153 Å². The van der Waals surface area contributed by atoms with E-state index in [2.05, 4.69) is 0 Å². The number of aryl methyl sites for hydroxylation is 1. The first kappa shape index (κ1) is 17.3. The summed E-state index contributed by atoms with van der Waals surface area (Å²) in [6.07, 6.45) is 1.56. The molecule has 1 aliphatic heterocycles. The lowest BCUT2D eigenvalue weighted by Crippen LogP contribution is -2.27. The second-order valence-corrected chi connectivity index (χ2v) is 7.05. The number of halogens is 1. The summed E-state index contributed by atoms with van der Waals surface area (Å²) in [5, 5.41) is 9.25. The number of nitrogens with zero attached hydrogens (tertiary/aromatic N) is 1. The SMILES string of the molecule is Cc1ccc(N2C(=O)C(=Cc3cccc(F)c3)SC2=S)cc1C(=O)O. The highest BCUT2D eigenvalue weighted by molar-refractivity contribution is 8.27. The van der Waals surface area contributed by atoms with Gasteiger partial charge in [0.2, 0.25) is 0 Å². The van der Waals surface area contributed by atoms with Crippen molar-refractivity contribution in [2.45, 2.75) is 6.92 Å². The molecule has 0 unspecified atom stereocenters. The third kappa shape index (κ3) is 3.47. The van der Waals surface area contributed by atoms with Gasteiger partial charge in [0.15, 0.2) is 4.32 Å². The molecule has 0 aromatic heterocycles. The van der Waals surface area contributed by atoms with E-state index in [1.165, 1.54) is 23.1 Å². The quantitative estimate of drug-likeness (QED) is 0.644. The Hall–Kier alpha value is -2.51. The maximum absolute atomic E-state index is 13.3. The zero-order valence-corrected chi connectivity index (χ0v) is 14.7. The molecular formula is C18H12FNO3S2. The number of anilines is 1. The molecule has 1 N–H and O–H groups in total. The van der Waals surface area contributed by atoms with Crippen LogP contribution >= 0.6 is 24.0 Å². The van der Waals surface area contributed by atoms with Gasteiger partial charge in [0, 0.05) is 0 Å². The fraction of sp³-hybridized carbons (Fsp3) is 0.0556. The molecule has 1 saturated heterocycles. The first-order chi connectivity index (χ1) is 11.9. The van der Waals surface area contributed by atoms with E-state index in [9.17, 15) is 19.1 Å². The third-order valence-electron chi connectivity index (χ3n) is 3.65. The van der Waals surface area contributed by atoms with Gasteiger partial charge in [-0.2, -0.15) is 0 Å². The topological polar surface area (TPSA) is 57.6 Å². The van der Waals surface area contributed by atoms with E-state index in [1.54, 1.807) is 37.3 Å². The van der Waals surface area contributed by atoms with Gasteiger partial charge in [-0.1, -0.05) is 42.2 Å². The van der Waals surface area contributed by atoms with Crippen molar-refractivity contribution in [2.24, 2.45) is 0 Å². The predicted octanol–water partition coefficient (Wildman–Crippen LogP) is 4.24. The van der Waals surface area contributed by atoms with Crippen LogP contribution in [0.4, 0.5) is 10.1 Å².